The Hall–Kier alpha value is -0.480. The quantitative estimate of drug-likeness (QED) is 0.266. The predicted molar refractivity (Wildman–Crippen MR) is 43.2 cm³/mol. The largest absolute Gasteiger partial charge is 0.612 e. The topological polar surface area (TPSA) is 52.5 Å². The molecule has 0 fully saturated rings. The van der Waals surface area contributed by atoms with Crippen LogP contribution >= 0.6 is 12.2 Å². The molecule has 0 aromatic carbocycles. The van der Waals surface area contributed by atoms with Crippen LogP contribution in [-0.4, -0.2) is 21.9 Å². The Morgan fingerprint density at radius 3 is 2.90 bits per heavy atom. The molecule has 0 bridgehead atoms. The first-order valence-electron chi connectivity index (χ1n) is 2.29. The number of nitrogens with zero attached hydrogens (tertiary/aromatic N) is 1. The lowest BCUT2D eigenvalue weighted by Crippen LogP contribution is -1.91. The van der Waals surface area contributed by atoms with Crippen LogP contribution < -0.4 is 0 Å². The van der Waals surface area contributed by atoms with Crippen LogP contribution in [0.1, 0.15) is 0 Å². The molecule has 0 aliphatic heterocycles. The molecule has 1 amide bonds. The van der Waals surface area contributed by atoms with E-state index in [2.05, 4.69) is 17.2 Å². The van der Waals surface area contributed by atoms with Gasteiger partial charge in [-0.2, -0.15) is 4.99 Å². The summed E-state index contributed by atoms with van der Waals surface area (Å²) in [4.78, 5) is 13.5. The number of thiocarbonyl (C=S) groups is 1. The van der Waals surface area contributed by atoms with Crippen molar-refractivity contribution >= 4 is 34.5 Å². The van der Waals surface area contributed by atoms with Gasteiger partial charge in [-0.15, -0.1) is 0 Å². The highest BCUT2D eigenvalue weighted by Gasteiger charge is 1.91. The molecular weight excluding hydrogens is 170 g/mol. The van der Waals surface area contributed by atoms with Gasteiger partial charge in [-0.3, -0.25) is 4.79 Å². The number of isothiocyanates is 1. The van der Waals surface area contributed by atoms with Gasteiger partial charge in [-0.25, -0.2) is 0 Å². The van der Waals surface area contributed by atoms with Gasteiger partial charge >= 0.3 is 0 Å². The molecule has 0 aromatic rings. The molecule has 3 nitrogen and oxygen atoms in total. The lowest BCUT2D eigenvalue weighted by atomic mass is 10.6. The zero-order valence-corrected chi connectivity index (χ0v) is 6.87. The molecule has 0 saturated heterocycles. The van der Waals surface area contributed by atoms with Crippen molar-refractivity contribution < 1.29 is 9.35 Å². The lowest BCUT2D eigenvalue weighted by Gasteiger charge is -1.91. The van der Waals surface area contributed by atoms with Crippen molar-refractivity contribution in [1.82, 2.24) is 0 Å². The monoisotopic (exact) mass is 175 g/mol. The molecule has 0 N–H and O–H groups in total. The van der Waals surface area contributed by atoms with Crippen LogP contribution in [-0.2, 0) is 16.0 Å². The maximum atomic E-state index is 10.4. The number of amides is 1. The van der Waals surface area contributed by atoms with E-state index in [1.165, 1.54) is 11.7 Å². The fraction of sp³-hybridized carbons (Fsp3) is 0.200. The van der Waals surface area contributed by atoms with Crippen molar-refractivity contribution in [2.24, 2.45) is 4.99 Å². The Kier molecular flexibility index (Phi) is 5.06. The van der Waals surface area contributed by atoms with Crippen LogP contribution in [0.5, 0.6) is 0 Å². The molecule has 0 aliphatic rings. The van der Waals surface area contributed by atoms with Gasteiger partial charge in [0.05, 0.1) is 17.5 Å². The van der Waals surface area contributed by atoms with E-state index in [-0.39, 0.29) is 0 Å². The maximum absolute atomic E-state index is 10.4. The van der Waals surface area contributed by atoms with Gasteiger partial charge in [0.25, 0.3) is 5.91 Å². The number of carbonyl (C=O) groups excluding carboxylic acids is 1. The normalized spacial score (nSPS) is 12.6. The van der Waals surface area contributed by atoms with Gasteiger partial charge in [0.2, 0.25) is 0 Å². The number of hydrogen-bond donors (Lipinski definition) is 0. The van der Waals surface area contributed by atoms with Crippen molar-refractivity contribution in [3.05, 3.63) is 11.5 Å². The zero-order chi connectivity index (χ0) is 7.98. The molecule has 0 aliphatic carbocycles. The highest BCUT2D eigenvalue weighted by Crippen LogP contribution is 1.86. The average Bonchev–Trinajstić information content (AvgIpc) is 1.85. The second-order valence-electron chi connectivity index (χ2n) is 1.34. The summed E-state index contributed by atoms with van der Waals surface area (Å²) in [5, 5.41) is 3.13. The Bertz CT molecular complexity index is 194. The Morgan fingerprint density at radius 1 is 1.90 bits per heavy atom. The highest BCUT2D eigenvalue weighted by molar-refractivity contribution is 7.93. The molecule has 0 radical (unpaired) electrons. The summed E-state index contributed by atoms with van der Waals surface area (Å²) < 4.78 is 10.3. The minimum Gasteiger partial charge on any atom is -0.612 e. The third kappa shape index (κ3) is 5.65. The van der Waals surface area contributed by atoms with E-state index in [1.54, 1.807) is 0 Å². The second-order valence-corrected chi connectivity index (χ2v) is 2.79. The summed E-state index contributed by atoms with van der Waals surface area (Å²) in [6, 6.07) is 0. The van der Waals surface area contributed by atoms with E-state index in [0.29, 0.717) is 0 Å². The second kappa shape index (κ2) is 5.32. The van der Waals surface area contributed by atoms with Crippen LogP contribution in [0.3, 0.4) is 0 Å². The van der Waals surface area contributed by atoms with Crippen LogP contribution in [0, 0.1) is 0 Å². The highest BCUT2D eigenvalue weighted by atomic mass is 32.2. The van der Waals surface area contributed by atoms with E-state index >= 15 is 0 Å². The van der Waals surface area contributed by atoms with Gasteiger partial charge in [-0.1, -0.05) is 0 Å². The minimum absolute atomic E-state index is 0.537. The lowest BCUT2D eigenvalue weighted by molar-refractivity contribution is -0.113. The molecule has 0 aromatic heterocycles. The van der Waals surface area contributed by atoms with Crippen LogP contribution in [0.25, 0.3) is 0 Å². The first-order chi connectivity index (χ1) is 4.66. The summed E-state index contributed by atoms with van der Waals surface area (Å²) in [7, 11) is 0. The standard InChI is InChI=1S/C5H5NO2S2/c1-10(8)3-2-5(7)6-4-9/h2-3H,1H3. The van der Waals surface area contributed by atoms with E-state index in [9.17, 15) is 9.35 Å². The number of aliphatic imine (C=N–C) groups is 1. The SMILES string of the molecule is C[S+]([O-])C=CC(=O)N=C=S. The number of rotatable bonds is 2. The summed E-state index contributed by atoms with van der Waals surface area (Å²) in [6.07, 6.45) is 2.54. The van der Waals surface area contributed by atoms with Gasteiger partial charge < -0.3 is 4.55 Å². The van der Waals surface area contributed by atoms with Crippen molar-refractivity contribution in [2.45, 2.75) is 0 Å². The molecule has 0 saturated carbocycles. The molecule has 0 heterocycles. The molecule has 5 heteroatoms. The van der Waals surface area contributed by atoms with E-state index in [1.807, 2.05) is 5.16 Å². The Balaban J connectivity index is 3.90. The first kappa shape index (κ1) is 9.52. The van der Waals surface area contributed by atoms with Crippen molar-refractivity contribution in [3.63, 3.8) is 0 Å². The van der Waals surface area contributed by atoms with Gasteiger partial charge in [-0.05, 0) is 23.4 Å². The van der Waals surface area contributed by atoms with E-state index < -0.39 is 17.1 Å². The molecule has 0 spiro atoms. The van der Waals surface area contributed by atoms with Crippen LogP contribution in [0.2, 0.25) is 0 Å². The smallest absolute Gasteiger partial charge is 0.282 e. The number of carbonyl (C=O) groups is 1. The summed E-state index contributed by atoms with van der Waals surface area (Å²) in [5.41, 5.74) is 0. The average molecular weight is 175 g/mol. The molecule has 0 rings (SSSR count). The van der Waals surface area contributed by atoms with Gasteiger partial charge in [0, 0.05) is 0 Å². The molecule has 54 valence electrons. The van der Waals surface area contributed by atoms with Gasteiger partial charge in [0.1, 0.15) is 5.41 Å². The molecular formula is C5H5NO2S2. The summed E-state index contributed by atoms with van der Waals surface area (Å²) in [5.74, 6) is -0.537. The fourth-order valence-corrected chi connectivity index (χ4v) is 0.634. The molecule has 10 heavy (non-hydrogen) atoms. The maximum Gasteiger partial charge on any atom is 0.282 e. The zero-order valence-electron chi connectivity index (χ0n) is 5.23. The first-order valence-corrected chi connectivity index (χ1v) is 4.32. The van der Waals surface area contributed by atoms with Gasteiger partial charge in [0.15, 0.2) is 0 Å². The third-order valence-corrected chi connectivity index (χ3v) is 1.17. The molecule has 1 unspecified atom stereocenters. The van der Waals surface area contributed by atoms with Crippen molar-refractivity contribution in [2.75, 3.05) is 6.26 Å². The minimum atomic E-state index is -1.11. The van der Waals surface area contributed by atoms with Crippen LogP contribution in [0.15, 0.2) is 16.5 Å². The van der Waals surface area contributed by atoms with Crippen LogP contribution in [0.4, 0.5) is 0 Å². The van der Waals surface area contributed by atoms with E-state index in [4.69, 9.17) is 0 Å². The Morgan fingerprint density at radius 2 is 2.50 bits per heavy atom. The van der Waals surface area contributed by atoms with Crippen molar-refractivity contribution in [1.29, 1.82) is 0 Å². The third-order valence-electron chi connectivity index (χ3n) is 0.558. The fourth-order valence-electron chi connectivity index (χ4n) is 0.236. The molecule has 1 atom stereocenters. The summed E-state index contributed by atoms with van der Waals surface area (Å²) >= 11 is 3.05. The Labute approximate surface area is 67.0 Å². The number of hydrogen-bond acceptors (Lipinski definition) is 3. The predicted octanol–water partition coefficient (Wildman–Crippen LogP) is 0.508. The van der Waals surface area contributed by atoms with Crippen molar-refractivity contribution in [3.8, 4) is 0 Å². The summed E-state index contributed by atoms with van der Waals surface area (Å²) in [6.45, 7) is 0. The van der Waals surface area contributed by atoms with E-state index in [0.717, 1.165) is 6.08 Å².